The summed E-state index contributed by atoms with van der Waals surface area (Å²) in [5.74, 6) is 0.631. The van der Waals surface area contributed by atoms with E-state index in [9.17, 15) is 9.18 Å². The van der Waals surface area contributed by atoms with E-state index in [0.717, 1.165) is 44.3 Å². The lowest BCUT2D eigenvalue weighted by molar-refractivity contribution is -0.138. The van der Waals surface area contributed by atoms with E-state index in [0.29, 0.717) is 32.3 Å². The summed E-state index contributed by atoms with van der Waals surface area (Å²) in [7, 11) is 5.39. The number of nitrogens with one attached hydrogen (secondary N) is 2. The first-order valence-electron chi connectivity index (χ1n) is 11.2. The van der Waals surface area contributed by atoms with Crippen LogP contribution in [0.5, 0.6) is 0 Å². The minimum absolute atomic E-state index is 0. The summed E-state index contributed by atoms with van der Waals surface area (Å²) in [6, 6.07) is 6.78. The van der Waals surface area contributed by atoms with Crippen LogP contribution in [-0.2, 0) is 9.53 Å². The first-order valence-corrected chi connectivity index (χ1v) is 11.2. The number of ether oxygens (including phenoxy) is 1. The van der Waals surface area contributed by atoms with Crippen molar-refractivity contribution >= 4 is 35.8 Å². The zero-order chi connectivity index (χ0) is 22.3. The maximum Gasteiger partial charge on any atom is 0.230 e. The van der Waals surface area contributed by atoms with Crippen LogP contribution in [-0.4, -0.2) is 82.2 Å². The Morgan fingerprint density at radius 2 is 1.81 bits per heavy atom. The molecule has 1 aromatic rings. The molecule has 0 aromatic heterocycles. The van der Waals surface area contributed by atoms with Crippen LogP contribution in [0.15, 0.2) is 29.3 Å². The van der Waals surface area contributed by atoms with E-state index in [1.165, 1.54) is 12.1 Å². The summed E-state index contributed by atoms with van der Waals surface area (Å²) in [6.07, 6.45) is 3.97. The van der Waals surface area contributed by atoms with Gasteiger partial charge in [0.05, 0.1) is 24.7 Å². The van der Waals surface area contributed by atoms with Crippen molar-refractivity contribution in [3.8, 4) is 0 Å². The highest BCUT2D eigenvalue weighted by Gasteiger charge is 2.42. The molecule has 1 amide bonds. The third-order valence-electron chi connectivity index (χ3n) is 6.44. The van der Waals surface area contributed by atoms with Gasteiger partial charge in [-0.3, -0.25) is 14.7 Å². The number of hydrogen-bond donors (Lipinski definition) is 2. The maximum atomic E-state index is 13.5. The number of halogens is 2. The van der Waals surface area contributed by atoms with Crippen LogP contribution in [0.2, 0.25) is 0 Å². The van der Waals surface area contributed by atoms with Crippen LogP contribution in [0.25, 0.3) is 0 Å². The maximum absolute atomic E-state index is 13.5. The van der Waals surface area contributed by atoms with Crippen molar-refractivity contribution < 1.29 is 13.9 Å². The molecular weight excluding hydrogens is 524 g/mol. The summed E-state index contributed by atoms with van der Waals surface area (Å²) in [5, 5.41) is 6.82. The average Bonchev–Trinajstić information content (AvgIpc) is 3.27. The second-order valence-corrected chi connectivity index (χ2v) is 8.71. The Hall–Kier alpha value is -1.46. The second-order valence-electron chi connectivity index (χ2n) is 8.71. The number of carbonyl (C=O) groups excluding carboxylic acids is 1. The molecule has 2 N–H and O–H groups in total. The van der Waals surface area contributed by atoms with Gasteiger partial charge in [0.25, 0.3) is 0 Å². The zero-order valence-electron chi connectivity index (χ0n) is 19.4. The molecule has 1 atom stereocenters. The molecule has 1 unspecified atom stereocenters. The fourth-order valence-corrected chi connectivity index (χ4v) is 4.69. The Morgan fingerprint density at radius 1 is 1.19 bits per heavy atom. The quantitative estimate of drug-likeness (QED) is 0.305. The molecule has 0 radical (unpaired) electrons. The van der Waals surface area contributed by atoms with Crippen molar-refractivity contribution in [3.05, 3.63) is 35.6 Å². The summed E-state index contributed by atoms with van der Waals surface area (Å²) in [4.78, 5) is 21.3. The predicted octanol–water partition coefficient (Wildman–Crippen LogP) is 2.63. The minimum Gasteiger partial charge on any atom is -0.379 e. The van der Waals surface area contributed by atoms with Crippen LogP contribution in [0.1, 0.15) is 37.3 Å². The summed E-state index contributed by atoms with van der Waals surface area (Å²) >= 11 is 0. The van der Waals surface area contributed by atoms with Gasteiger partial charge in [-0.05, 0) is 30.5 Å². The van der Waals surface area contributed by atoms with Gasteiger partial charge in [-0.15, -0.1) is 24.0 Å². The number of aliphatic imine (C=N–C) groups is 1. The second kappa shape index (κ2) is 12.7. The molecule has 7 nitrogen and oxygen atoms in total. The van der Waals surface area contributed by atoms with Crippen LogP contribution >= 0.6 is 24.0 Å². The smallest absolute Gasteiger partial charge is 0.230 e. The van der Waals surface area contributed by atoms with Gasteiger partial charge in [-0.25, -0.2) is 4.39 Å². The van der Waals surface area contributed by atoms with Crippen LogP contribution in [0, 0.1) is 11.2 Å². The minimum atomic E-state index is -0.359. The molecule has 3 rings (SSSR count). The third-order valence-corrected chi connectivity index (χ3v) is 6.44. The van der Waals surface area contributed by atoms with E-state index >= 15 is 0 Å². The van der Waals surface area contributed by atoms with Crippen molar-refractivity contribution in [2.24, 2.45) is 10.4 Å². The van der Waals surface area contributed by atoms with E-state index < -0.39 is 0 Å². The highest BCUT2D eigenvalue weighted by molar-refractivity contribution is 14.0. The Labute approximate surface area is 208 Å². The SMILES string of the molecule is CN=C(NCC(c1ccc(F)cc1)N1CCOCC1)NCC1(C(=O)N(C)C)CCCC1.I. The number of morpholine rings is 1. The normalized spacial score (nSPS) is 19.7. The number of guanidine groups is 1. The molecule has 1 aliphatic heterocycles. The summed E-state index contributed by atoms with van der Waals surface area (Å²) < 4.78 is 19.0. The van der Waals surface area contributed by atoms with Crippen molar-refractivity contribution in [1.82, 2.24) is 20.4 Å². The molecule has 2 aliphatic rings. The van der Waals surface area contributed by atoms with Crippen molar-refractivity contribution in [2.75, 3.05) is 60.5 Å². The molecule has 9 heteroatoms. The van der Waals surface area contributed by atoms with Gasteiger partial charge in [-0.2, -0.15) is 0 Å². The molecule has 2 fully saturated rings. The fraction of sp³-hybridized carbons (Fsp3) is 0.652. The number of amides is 1. The Balaban J connectivity index is 0.00000363. The largest absolute Gasteiger partial charge is 0.379 e. The summed E-state index contributed by atoms with van der Waals surface area (Å²) in [5.41, 5.74) is 0.697. The van der Waals surface area contributed by atoms with E-state index in [2.05, 4.69) is 20.5 Å². The third kappa shape index (κ3) is 6.77. The lowest BCUT2D eigenvalue weighted by Crippen LogP contribution is -2.50. The number of nitrogens with zero attached hydrogens (tertiary/aromatic N) is 3. The van der Waals surface area contributed by atoms with E-state index in [4.69, 9.17) is 4.74 Å². The topological polar surface area (TPSA) is 69.2 Å². The molecule has 1 aromatic carbocycles. The van der Waals surface area contributed by atoms with Crippen molar-refractivity contribution in [3.63, 3.8) is 0 Å². The number of rotatable bonds is 7. The number of benzene rings is 1. The Morgan fingerprint density at radius 3 is 2.38 bits per heavy atom. The summed E-state index contributed by atoms with van der Waals surface area (Å²) in [6.45, 7) is 4.24. The predicted molar refractivity (Wildman–Crippen MR) is 136 cm³/mol. The molecule has 0 spiro atoms. The molecule has 0 bridgehead atoms. The highest BCUT2D eigenvalue weighted by Crippen LogP contribution is 2.38. The molecule has 1 saturated carbocycles. The van der Waals surface area contributed by atoms with Gasteiger partial charge in [0.1, 0.15) is 5.82 Å². The molecular formula is C23H37FIN5O2. The Kier molecular flexibility index (Phi) is 10.6. The van der Waals surface area contributed by atoms with Crippen LogP contribution in [0.4, 0.5) is 4.39 Å². The molecule has 32 heavy (non-hydrogen) atoms. The van der Waals surface area contributed by atoms with Crippen molar-refractivity contribution in [2.45, 2.75) is 31.7 Å². The lowest BCUT2D eigenvalue weighted by atomic mass is 9.84. The monoisotopic (exact) mass is 561 g/mol. The van der Waals surface area contributed by atoms with Gasteiger partial charge in [0, 0.05) is 47.3 Å². The van der Waals surface area contributed by atoms with Crippen LogP contribution in [0.3, 0.4) is 0 Å². The van der Waals surface area contributed by atoms with Gasteiger partial charge >= 0.3 is 0 Å². The van der Waals surface area contributed by atoms with E-state index in [1.54, 1.807) is 11.9 Å². The first kappa shape index (κ1) is 26.8. The lowest BCUT2D eigenvalue weighted by Gasteiger charge is -2.35. The van der Waals surface area contributed by atoms with E-state index in [1.807, 2.05) is 26.2 Å². The van der Waals surface area contributed by atoms with E-state index in [-0.39, 0.29) is 47.2 Å². The molecule has 180 valence electrons. The van der Waals surface area contributed by atoms with Gasteiger partial charge in [0.2, 0.25) is 5.91 Å². The highest BCUT2D eigenvalue weighted by atomic mass is 127. The fourth-order valence-electron chi connectivity index (χ4n) is 4.69. The standard InChI is InChI=1S/C23H36FN5O2.HI/c1-25-22(27-17-23(10-4-5-11-23)21(30)28(2)3)26-16-20(29-12-14-31-15-13-29)18-6-8-19(24)9-7-18;/h6-9,20H,4-5,10-17H2,1-3H3,(H2,25,26,27);1H. The first-order chi connectivity index (χ1) is 14.9. The van der Waals surface area contributed by atoms with Gasteiger partial charge in [-0.1, -0.05) is 25.0 Å². The molecule has 1 saturated heterocycles. The molecule has 1 heterocycles. The average molecular weight is 561 g/mol. The zero-order valence-corrected chi connectivity index (χ0v) is 21.7. The Bertz CT molecular complexity index is 747. The van der Waals surface area contributed by atoms with Crippen LogP contribution < -0.4 is 10.6 Å². The van der Waals surface area contributed by atoms with Gasteiger partial charge < -0.3 is 20.3 Å². The molecule has 1 aliphatic carbocycles. The number of carbonyl (C=O) groups is 1. The number of hydrogen-bond acceptors (Lipinski definition) is 4. The van der Waals surface area contributed by atoms with Gasteiger partial charge in [0.15, 0.2) is 5.96 Å². The van der Waals surface area contributed by atoms with Crippen molar-refractivity contribution in [1.29, 1.82) is 0 Å².